The lowest BCUT2D eigenvalue weighted by Gasteiger charge is -2.28. The summed E-state index contributed by atoms with van der Waals surface area (Å²) in [6, 6.07) is 24.2. The van der Waals surface area contributed by atoms with E-state index in [9.17, 15) is 9.18 Å². The first kappa shape index (κ1) is 22.7. The molecule has 4 aromatic rings. The minimum Gasteiger partial charge on any atom is -0.356 e. The van der Waals surface area contributed by atoms with Gasteiger partial charge in [-0.05, 0) is 72.9 Å². The molecule has 1 unspecified atom stereocenters. The Labute approximate surface area is 198 Å². The number of hydrogen-bond donors (Lipinski definition) is 2. The second-order valence-corrected chi connectivity index (χ2v) is 8.67. The highest BCUT2D eigenvalue weighted by Gasteiger charge is 2.16. The number of rotatable bonds is 6. The van der Waals surface area contributed by atoms with Crippen LogP contribution in [0.1, 0.15) is 35.2 Å². The Morgan fingerprint density at radius 1 is 1.03 bits per heavy atom. The van der Waals surface area contributed by atoms with E-state index in [0.29, 0.717) is 23.8 Å². The van der Waals surface area contributed by atoms with Gasteiger partial charge in [-0.3, -0.25) is 4.79 Å². The zero-order valence-electron chi connectivity index (χ0n) is 18.6. The summed E-state index contributed by atoms with van der Waals surface area (Å²) in [5.74, 6) is -0.287. The van der Waals surface area contributed by atoms with E-state index < -0.39 is 0 Å². The van der Waals surface area contributed by atoms with E-state index in [2.05, 4.69) is 10.3 Å². The standard InChI is InChI=1S/C27H26FN3OS/c1-18-8-13-25-22(14-18)15-23(26(32)30-25)17-31(16-20-9-11-24(28)12-10-20)27(33)29-19(2)21-6-4-3-5-7-21/h3-15,19H,16-17H2,1-2H3,(H,29,33)(H,30,32). The van der Waals surface area contributed by atoms with Crippen LogP contribution < -0.4 is 10.9 Å². The number of nitrogens with zero attached hydrogens (tertiary/aromatic N) is 1. The first-order chi connectivity index (χ1) is 15.9. The molecule has 2 N–H and O–H groups in total. The molecule has 4 rings (SSSR count). The summed E-state index contributed by atoms with van der Waals surface area (Å²) in [7, 11) is 0. The van der Waals surface area contributed by atoms with Crippen LogP contribution in [0.25, 0.3) is 10.9 Å². The summed E-state index contributed by atoms with van der Waals surface area (Å²) in [6.07, 6.45) is 0. The highest BCUT2D eigenvalue weighted by Crippen LogP contribution is 2.17. The van der Waals surface area contributed by atoms with Crippen LogP contribution in [0.4, 0.5) is 4.39 Å². The van der Waals surface area contributed by atoms with Crippen molar-refractivity contribution in [3.63, 3.8) is 0 Å². The Morgan fingerprint density at radius 2 is 1.76 bits per heavy atom. The number of fused-ring (bicyclic) bond motifs is 1. The fourth-order valence-electron chi connectivity index (χ4n) is 3.81. The Hall–Kier alpha value is -3.51. The van der Waals surface area contributed by atoms with E-state index >= 15 is 0 Å². The van der Waals surface area contributed by atoms with Crippen molar-refractivity contribution in [1.82, 2.24) is 15.2 Å². The van der Waals surface area contributed by atoms with Crippen LogP contribution in [0, 0.1) is 12.7 Å². The Bertz CT molecular complexity index is 1320. The third-order valence-corrected chi connectivity index (χ3v) is 6.03. The van der Waals surface area contributed by atoms with Crippen LogP contribution in [0.5, 0.6) is 0 Å². The molecule has 0 spiro atoms. The van der Waals surface area contributed by atoms with E-state index in [-0.39, 0.29) is 17.4 Å². The van der Waals surface area contributed by atoms with Crippen LogP contribution in [-0.2, 0) is 13.1 Å². The summed E-state index contributed by atoms with van der Waals surface area (Å²) in [5.41, 5.74) is 4.41. The van der Waals surface area contributed by atoms with E-state index in [1.807, 2.05) is 73.3 Å². The summed E-state index contributed by atoms with van der Waals surface area (Å²) >= 11 is 5.76. The van der Waals surface area contributed by atoms with E-state index in [1.54, 1.807) is 12.1 Å². The molecule has 1 atom stereocenters. The highest BCUT2D eigenvalue weighted by atomic mass is 32.1. The van der Waals surface area contributed by atoms with E-state index in [4.69, 9.17) is 12.2 Å². The molecule has 0 bridgehead atoms. The van der Waals surface area contributed by atoms with Crippen LogP contribution in [0.3, 0.4) is 0 Å². The molecule has 1 heterocycles. The van der Waals surface area contributed by atoms with Gasteiger partial charge >= 0.3 is 0 Å². The van der Waals surface area contributed by atoms with Gasteiger partial charge in [0.2, 0.25) is 0 Å². The Kier molecular flexibility index (Phi) is 6.84. The second-order valence-electron chi connectivity index (χ2n) is 8.28. The summed E-state index contributed by atoms with van der Waals surface area (Å²) in [5, 5.41) is 4.89. The van der Waals surface area contributed by atoms with Gasteiger partial charge in [-0.2, -0.15) is 0 Å². The fourth-order valence-corrected chi connectivity index (χ4v) is 4.11. The van der Waals surface area contributed by atoms with Gasteiger partial charge in [0.1, 0.15) is 5.82 Å². The molecule has 33 heavy (non-hydrogen) atoms. The molecule has 0 aliphatic rings. The van der Waals surface area contributed by atoms with Gasteiger partial charge in [0.25, 0.3) is 5.56 Å². The van der Waals surface area contributed by atoms with Crippen molar-refractivity contribution in [3.05, 3.63) is 117 Å². The van der Waals surface area contributed by atoms with Crippen molar-refractivity contribution in [2.24, 2.45) is 0 Å². The molecule has 0 radical (unpaired) electrons. The predicted octanol–water partition coefficient (Wildman–Crippen LogP) is 5.61. The average molecular weight is 460 g/mol. The predicted molar refractivity (Wildman–Crippen MR) is 136 cm³/mol. The Balaban J connectivity index is 1.62. The molecule has 0 saturated heterocycles. The fraction of sp³-hybridized carbons (Fsp3) is 0.185. The van der Waals surface area contributed by atoms with Gasteiger partial charge in [-0.15, -0.1) is 0 Å². The number of aryl methyl sites for hydroxylation is 1. The van der Waals surface area contributed by atoms with Crippen LogP contribution in [0.2, 0.25) is 0 Å². The van der Waals surface area contributed by atoms with E-state index in [0.717, 1.165) is 27.6 Å². The lowest BCUT2D eigenvalue weighted by molar-refractivity contribution is 0.392. The molecule has 0 aliphatic carbocycles. The maximum absolute atomic E-state index is 13.4. The highest BCUT2D eigenvalue weighted by molar-refractivity contribution is 7.80. The van der Waals surface area contributed by atoms with Gasteiger partial charge < -0.3 is 15.2 Å². The lowest BCUT2D eigenvalue weighted by atomic mass is 10.1. The number of benzene rings is 3. The van der Waals surface area contributed by atoms with Gasteiger partial charge in [0, 0.05) is 17.6 Å². The second kappa shape index (κ2) is 9.96. The molecule has 1 aromatic heterocycles. The largest absolute Gasteiger partial charge is 0.356 e. The van der Waals surface area contributed by atoms with Gasteiger partial charge in [0.15, 0.2) is 5.11 Å². The Morgan fingerprint density at radius 3 is 2.48 bits per heavy atom. The number of H-pyrrole nitrogens is 1. The number of aromatic amines is 1. The van der Waals surface area contributed by atoms with Crippen molar-refractivity contribution < 1.29 is 4.39 Å². The molecule has 6 heteroatoms. The van der Waals surface area contributed by atoms with Crippen LogP contribution >= 0.6 is 12.2 Å². The third-order valence-electron chi connectivity index (χ3n) is 5.65. The summed E-state index contributed by atoms with van der Waals surface area (Å²) < 4.78 is 13.4. The van der Waals surface area contributed by atoms with Crippen molar-refractivity contribution >= 4 is 28.2 Å². The van der Waals surface area contributed by atoms with Gasteiger partial charge in [-0.25, -0.2) is 4.39 Å². The minimum absolute atomic E-state index is 0.00745. The lowest BCUT2D eigenvalue weighted by Crippen LogP contribution is -2.41. The summed E-state index contributed by atoms with van der Waals surface area (Å²) in [6.45, 7) is 4.83. The maximum Gasteiger partial charge on any atom is 0.253 e. The first-order valence-electron chi connectivity index (χ1n) is 10.9. The van der Waals surface area contributed by atoms with Crippen molar-refractivity contribution in [3.8, 4) is 0 Å². The SMILES string of the molecule is Cc1ccc2[nH]c(=O)c(CN(Cc3ccc(F)cc3)C(=S)NC(C)c3ccccc3)cc2c1. The molecule has 168 valence electrons. The smallest absolute Gasteiger partial charge is 0.253 e. The zero-order chi connectivity index (χ0) is 23.4. The number of aromatic nitrogens is 1. The molecule has 0 saturated carbocycles. The number of nitrogens with one attached hydrogen (secondary N) is 2. The molecule has 0 fully saturated rings. The van der Waals surface area contributed by atoms with Gasteiger partial charge in [-0.1, -0.05) is 54.1 Å². The van der Waals surface area contributed by atoms with Crippen molar-refractivity contribution in [1.29, 1.82) is 0 Å². The molecule has 0 amide bonds. The topological polar surface area (TPSA) is 48.1 Å². The van der Waals surface area contributed by atoms with Crippen LogP contribution in [-0.4, -0.2) is 15.0 Å². The summed E-state index contributed by atoms with van der Waals surface area (Å²) in [4.78, 5) is 17.7. The number of halogens is 1. The maximum atomic E-state index is 13.4. The molecule has 0 aliphatic heterocycles. The number of pyridine rings is 1. The van der Waals surface area contributed by atoms with Crippen molar-refractivity contribution in [2.45, 2.75) is 33.0 Å². The van der Waals surface area contributed by atoms with Crippen LogP contribution in [0.15, 0.2) is 83.7 Å². The minimum atomic E-state index is -0.287. The van der Waals surface area contributed by atoms with Gasteiger partial charge in [0.05, 0.1) is 12.6 Å². The third kappa shape index (κ3) is 5.65. The first-order valence-corrected chi connectivity index (χ1v) is 11.3. The van der Waals surface area contributed by atoms with E-state index in [1.165, 1.54) is 12.1 Å². The monoisotopic (exact) mass is 459 g/mol. The zero-order valence-corrected chi connectivity index (χ0v) is 19.5. The average Bonchev–Trinajstić information content (AvgIpc) is 2.81. The number of hydrogen-bond acceptors (Lipinski definition) is 2. The number of thiocarbonyl (C=S) groups is 1. The molecule has 3 aromatic carbocycles. The van der Waals surface area contributed by atoms with Crippen molar-refractivity contribution in [2.75, 3.05) is 0 Å². The quantitative estimate of drug-likeness (QED) is 0.368. The molecule has 4 nitrogen and oxygen atoms in total. The molecular weight excluding hydrogens is 433 g/mol. The normalized spacial score (nSPS) is 11.8. The molecular formula is C27H26FN3OS.